The van der Waals surface area contributed by atoms with E-state index in [9.17, 15) is 4.79 Å². The zero-order valence-electron chi connectivity index (χ0n) is 16.7. The lowest BCUT2D eigenvalue weighted by atomic mass is 10.2. The van der Waals surface area contributed by atoms with Crippen LogP contribution in [0.5, 0.6) is 0 Å². The summed E-state index contributed by atoms with van der Waals surface area (Å²) >= 11 is 1.86. The molecule has 0 spiro atoms. The maximum absolute atomic E-state index is 9.96. The number of aryl methyl sites for hydroxylation is 1. The molecular weight excluding hydrogens is 324 g/mol. The van der Waals surface area contributed by atoms with Gasteiger partial charge in [0.2, 0.25) is 0 Å². The first-order valence-electron chi connectivity index (χ1n) is 8.06. The standard InChI is InChI=1S/C9H12O.C4H8O2.C3H8O.C3H8S/c1-8-3-5-9(6-4-8)7-10-2;1-3-4(5)6-2;2*1-3-4-2/h3-6H,7H2,1-2H3;3H2,1-2H3;2*3H2,1-2H3. The number of thioether (sulfide) groups is 1. The van der Waals surface area contributed by atoms with Crippen molar-refractivity contribution < 1.29 is 19.0 Å². The second-order valence-electron chi connectivity index (χ2n) is 4.50. The van der Waals surface area contributed by atoms with Crippen LogP contribution in [0.3, 0.4) is 0 Å². The molecule has 0 saturated carbocycles. The summed E-state index contributed by atoms with van der Waals surface area (Å²) in [5.41, 5.74) is 2.52. The van der Waals surface area contributed by atoms with Gasteiger partial charge in [-0.3, -0.25) is 4.79 Å². The predicted octanol–water partition coefficient (Wildman–Crippen LogP) is 4.73. The quantitative estimate of drug-likeness (QED) is 0.710. The van der Waals surface area contributed by atoms with Crippen molar-refractivity contribution >= 4 is 17.7 Å². The van der Waals surface area contributed by atoms with E-state index >= 15 is 0 Å². The van der Waals surface area contributed by atoms with E-state index in [1.807, 2.05) is 18.7 Å². The third-order valence-electron chi connectivity index (χ3n) is 2.53. The van der Waals surface area contributed by atoms with Gasteiger partial charge in [0.05, 0.1) is 13.7 Å². The van der Waals surface area contributed by atoms with Crippen molar-refractivity contribution in [3.63, 3.8) is 0 Å². The molecule has 1 aromatic carbocycles. The minimum atomic E-state index is -0.157. The van der Waals surface area contributed by atoms with Gasteiger partial charge >= 0.3 is 5.97 Å². The van der Waals surface area contributed by atoms with E-state index in [0.717, 1.165) is 6.61 Å². The van der Waals surface area contributed by atoms with Crippen LogP contribution in [0, 0.1) is 6.92 Å². The van der Waals surface area contributed by atoms with Crippen LogP contribution in [0.15, 0.2) is 24.3 Å². The second-order valence-corrected chi connectivity index (χ2v) is 5.66. The summed E-state index contributed by atoms with van der Waals surface area (Å²) in [7, 11) is 4.77. The lowest BCUT2D eigenvalue weighted by Gasteiger charge is -1.98. The molecule has 142 valence electrons. The van der Waals surface area contributed by atoms with Crippen molar-refractivity contribution in [1.29, 1.82) is 0 Å². The molecule has 0 saturated heterocycles. The molecule has 5 heteroatoms. The molecule has 0 amide bonds. The number of carbonyl (C=O) groups excluding carboxylic acids is 1. The Morgan fingerprint density at radius 1 is 1.00 bits per heavy atom. The molecule has 0 aliphatic heterocycles. The van der Waals surface area contributed by atoms with Crippen molar-refractivity contribution in [3.05, 3.63) is 35.4 Å². The van der Waals surface area contributed by atoms with E-state index in [1.54, 1.807) is 21.1 Å². The summed E-state index contributed by atoms with van der Waals surface area (Å²) in [5.74, 6) is 1.08. The third-order valence-corrected chi connectivity index (χ3v) is 3.10. The van der Waals surface area contributed by atoms with E-state index in [4.69, 9.17) is 4.74 Å². The highest BCUT2D eigenvalue weighted by Crippen LogP contribution is 2.03. The van der Waals surface area contributed by atoms with Gasteiger partial charge in [0.15, 0.2) is 0 Å². The van der Waals surface area contributed by atoms with E-state index in [1.165, 1.54) is 24.0 Å². The highest BCUT2D eigenvalue weighted by Gasteiger charge is 1.88. The van der Waals surface area contributed by atoms with E-state index < -0.39 is 0 Å². The zero-order chi connectivity index (χ0) is 19.2. The SMILES string of the molecule is CCC(=O)OC.CCOC.CCSC.COCc1ccc(C)cc1. The summed E-state index contributed by atoms with van der Waals surface area (Å²) in [6.07, 6.45) is 2.57. The van der Waals surface area contributed by atoms with Gasteiger partial charge in [-0.05, 0) is 31.4 Å². The fourth-order valence-electron chi connectivity index (χ4n) is 0.995. The van der Waals surface area contributed by atoms with Crippen LogP contribution in [0.25, 0.3) is 0 Å². The molecule has 0 fully saturated rings. The monoisotopic (exact) mass is 360 g/mol. The number of ether oxygens (including phenoxy) is 3. The zero-order valence-corrected chi connectivity index (χ0v) is 17.5. The highest BCUT2D eigenvalue weighted by atomic mass is 32.2. The van der Waals surface area contributed by atoms with Crippen LogP contribution < -0.4 is 0 Å². The number of carbonyl (C=O) groups is 1. The molecule has 1 aromatic rings. The molecule has 1 rings (SSSR count). The molecule has 0 aliphatic carbocycles. The van der Waals surface area contributed by atoms with Gasteiger partial charge in [0.25, 0.3) is 0 Å². The Kier molecular flexibility index (Phi) is 28.0. The van der Waals surface area contributed by atoms with Gasteiger partial charge in [0.1, 0.15) is 0 Å². The Labute approximate surface area is 153 Å². The maximum atomic E-state index is 9.96. The van der Waals surface area contributed by atoms with Crippen molar-refractivity contribution in [2.24, 2.45) is 0 Å². The molecule has 0 N–H and O–H groups in total. The number of hydrogen-bond donors (Lipinski definition) is 0. The average molecular weight is 361 g/mol. The number of rotatable bonds is 5. The van der Waals surface area contributed by atoms with Crippen molar-refractivity contribution in [2.75, 3.05) is 39.9 Å². The molecule has 0 aliphatic rings. The predicted molar refractivity (Wildman–Crippen MR) is 106 cm³/mol. The minimum absolute atomic E-state index is 0.157. The first kappa shape index (κ1) is 27.8. The van der Waals surface area contributed by atoms with Gasteiger partial charge in [0, 0.05) is 27.2 Å². The highest BCUT2D eigenvalue weighted by molar-refractivity contribution is 7.98. The van der Waals surface area contributed by atoms with Crippen LogP contribution >= 0.6 is 11.8 Å². The summed E-state index contributed by atoms with van der Waals surface area (Å²) < 4.78 is 13.8. The van der Waals surface area contributed by atoms with Gasteiger partial charge in [-0.15, -0.1) is 0 Å². The molecule has 0 heterocycles. The average Bonchev–Trinajstić information content (AvgIpc) is 2.64. The molecule has 24 heavy (non-hydrogen) atoms. The van der Waals surface area contributed by atoms with E-state index in [0.29, 0.717) is 13.0 Å². The molecule has 0 atom stereocenters. The largest absolute Gasteiger partial charge is 0.469 e. The van der Waals surface area contributed by atoms with Crippen molar-refractivity contribution in [1.82, 2.24) is 0 Å². The third kappa shape index (κ3) is 25.9. The van der Waals surface area contributed by atoms with Crippen molar-refractivity contribution in [2.45, 2.75) is 40.7 Å². The minimum Gasteiger partial charge on any atom is -0.469 e. The Balaban J connectivity index is -0.000000271. The fraction of sp³-hybridized carbons (Fsp3) is 0.632. The van der Waals surface area contributed by atoms with Gasteiger partial charge in [-0.1, -0.05) is 43.7 Å². The Bertz CT molecular complexity index is 339. The van der Waals surface area contributed by atoms with Gasteiger partial charge < -0.3 is 14.2 Å². The smallest absolute Gasteiger partial charge is 0.305 e. The lowest BCUT2D eigenvalue weighted by molar-refractivity contribution is -0.140. The van der Waals surface area contributed by atoms with Crippen LogP contribution in [0.1, 0.15) is 38.3 Å². The number of methoxy groups -OCH3 is 3. The van der Waals surface area contributed by atoms with Crippen LogP contribution in [-0.4, -0.2) is 45.9 Å². The first-order chi connectivity index (χ1) is 11.5. The van der Waals surface area contributed by atoms with Crippen molar-refractivity contribution in [3.8, 4) is 0 Å². The van der Waals surface area contributed by atoms with E-state index in [-0.39, 0.29) is 5.97 Å². The Morgan fingerprint density at radius 3 is 1.67 bits per heavy atom. The normalized spacial score (nSPS) is 8.50. The van der Waals surface area contributed by atoms with Crippen LogP contribution in [0.4, 0.5) is 0 Å². The number of esters is 1. The number of benzene rings is 1. The summed E-state index contributed by atoms with van der Waals surface area (Å²) in [5, 5.41) is 0. The summed E-state index contributed by atoms with van der Waals surface area (Å²) in [6.45, 7) is 9.47. The Hall–Kier alpha value is -1.04. The molecule has 0 bridgehead atoms. The fourth-order valence-corrected chi connectivity index (χ4v) is 0.995. The summed E-state index contributed by atoms with van der Waals surface area (Å²) in [4.78, 5) is 9.96. The van der Waals surface area contributed by atoms with E-state index in [2.05, 4.69) is 53.8 Å². The van der Waals surface area contributed by atoms with Crippen LogP contribution in [-0.2, 0) is 25.6 Å². The lowest BCUT2D eigenvalue weighted by Crippen LogP contribution is -1.94. The molecule has 4 nitrogen and oxygen atoms in total. The molecule has 0 aromatic heterocycles. The molecular formula is C19H36O4S. The van der Waals surface area contributed by atoms with Gasteiger partial charge in [-0.25, -0.2) is 0 Å². The Morgan fingerprint density at radius 2 is 1.46 bits per heavy atom. The first-order valence-corrected chi connectivity index (χ1v) is 9.45. The molecule has 0 radical (unpaired) electrons. The maximum Gasteiger partial charge on any atom is 0.305 e. The molecule has 0 unspecified atom stereocenters. The topological polar surface area (TPSA) is 44.8 Å². The van der Waals surface area contributed by atoms with Gasteiger partial charge in [-0.2, -0.15) is 11.8 Å². The summed E-state index contributed by atoms with van der Waals surface area (Å²) in [6, 6.07) is 8.35. The van der Waals surface area contributed by atoms with Crippen LogP contribution in [0.2, 0.25) is 0 Å². The second kappa shape index (κ2) is 24.2. The number of hydrogen-bond acceptors (Lipinski definition) is 5.